The summed E-state index contributed by atoms with van der Waals surface area (Å²) in [6, 6.07) is 5.20. The molecule has 1 unspecified atom stereocenters. The molecule has 0 amide bonds. The van der Waals surface area contributed by atoms with Gasteiger partial charge in [0.05, 0.1) is 4.92 Å². The average Bonchev–Trinajstić information content (AvgIpc) is 2.78. The maximum absolute atomic E-state index is 10.7. The smallest absolute Gasteiger partial charge is 0.272 e. The molecule has 0 aromatic heterocycles. The standard InChI is InChI=1S/C12H16N2O2S/c1-9-7-10(4-5-12(9)14(15)16)13-8-11-3-2-6-17-11/h4-5,7,11,13H,2-3,6,8H2,1H3. The Hall–Kier alpha value is -1.23. The van der Waals surface area contributed by atoms with Gasteiger partial charge in [0, 0.05) is 29.1 Å². The van der Waals surface area contributed by atoms with Gasteiger partial charge in [0.15, 0.2) is 0 Å². The van der Waals surface area contributed by atoms with E-state index in [1.807, 2.05) is 17.8 Å². The van der Waals surface area contributed by atoms with E-state index >= 15 is 0 Å². The molecule has 92 valence electrons. The van der Waals surface area contributed by atoms with Crippen molar-refractivity contribution in [2.45, 2.75) is 25.0 Å². The van der Waals surface area contributed by atoms with Gasteiger partial charge in [-0.2, -0.15) is 11.8 Å². The number of thioether (sulfide) groups is 1. The highest BCUT2D eigenvalue weighted by molar-refractivity contribution is 8.00. The van der Waals surface area contributed by atoms with Crippen LogP contribution in [0.5, 0.6) is 0 Å². The van der Waals surface area contributed by atoms with E-state index in [9.17, 15) is 10.1 Å². The van der Waals surface area contributed by atoms with Crippen molar-refractivity contribution in [2.24, 2.45) is 0 Å². The Bertz CT molecular complexity index is 417. The van der Waals surface area contributed by atoms with Crippen LogP contribution in [0.2, 0.25) is 0 Å². The predicted octanol–water partition coefficient (Wildman–Crippen LogP) is 3.21. The number of hydrogen-bond donors (Lipinski definition) is 1. The third-order valence-corrected chi connectivity index (χ3v) is 4.35. The molecule has 5 heteroatoms. The zero-order valence-electron chi connectivity index (χ0n) is 9.81. The molecule has 1 saturated heterocycles. The first-order valence-corrected chi connectivity index (χ1v) is 6.82. The zero-order chi connectivity index (χ0) is 12.3. The summed E-state index contributed by atoms with van der Waals surface area (Å²) in [6.45, 7) is 2.72. The van der Waals surface area contributed by atoms with Gasteiger partial charge in [0.1, 0.15) is 0 Å². The predicted molar refractivity (Wildman–Crippen MR) is 71.8 cm³/mol. The lowest BCUT2D eigenvalue weighted by Crippen LogP contribution is -2.13. The van der Waals surface area contributed by atoms with E-state index in [1.165, 1.54) is 18.6 Å². The fourth-order valence-corrected chi connectivity index (χ4v) is 3.21. The number of rotatable bonds is 4. The molecule has 2 rings (SSSR count). The van der Waals surface area contributed by atoms with E-state index in [0.717, 1.165) is 12.2 Å². The fourth-order valence-electron chi connectivity index (χ4n) is 2.01. The molecule has 1 atom stereocenters. The first kappa shape index (κ1) is 12.2. The highest BCUT2D eigenvalue weighted by Crippen LogP contribution is 2.27. The first-order valence-electron chi connectivity index (χ1n) is 5.77. The van der Waals surface area contributed by atoms with Crippen LogP contribution >= 0.6 is 11.8 Å². The lowest BCUT2D eigenvalue weighted by molar-refractivity contribution is -0.385. The molecule has 0 radical (unpaired) electrons. The van der Waals surface area contributed by atoms with Crippen LogP contribution in [0.1, 0.15) is 18.4 Å². The van der Waals surface area contributed by atoms with Gasteiger partial charge in [-0.1, -0.05) is 0 Å². The van der Waals surface area contributed by atoms with Crippen LogP contribution in [-0.2, 0) is 0 Å². The van der Waals surface area contributed by atoms with E-state index in [1.54, 1.807) is 19.1 Å². The Morgan fingerprint density at radius 2 is 2.41 bits per heavy atom. The summed E-state index contributed by atoms with van der Waals surface area (Å²) in [5, 5.41) is 14.7. The van der Waals surface area contributed by atoms with Gasteiger partial charge in [0.25, 0.3) is 5.69 Å². The Morgan fingerprint density at radius 3 is 3.00 bits per heavy atom. The molecule has 1 N–H and O–H groups in total. The third kappa shape index (κ3) is 3.12. The molecule has 1 aliphatic rings. The van der Waals surface area contributed by atoms with Crippen molar-refractivity contribution >= 4 is 23.1 Å². The molecule has 1 fully saturated rings. The van der Waals surface area contributed by atoms with Gasteiger partial charge in [-0.15, -0.1) is 0 Å². The maximum Gasteiger partial charge on any atom is 0.272 e. The number of nitrogens with one attached hydrogen (secondary N) is 1. The summed E-state index contributed by atoms with van der Waals surface area (Å²) >= 11 is 2.00. The highest BCUT2D eigenvalue weighted by Gasteiger charge is 2.15. The first-order chi connectivity index (χ1) is 8.16. The molecule has 4 nitrogen and oxygen atoms in total. The second-order valence-electron chi connectivity index (χ2n) is 4.27. The highest BCUT2D eigenvalue weighted by atomic mass is 32.2. The van der Waals surface area contributed by atoms with Crippen LogP contribution in [0.3, 0.4) is 0 Å². The lowest BCUT2D eigenvalue weighted by Gasteiger charge is -2.11. The number of nitro groups is 1. The topological polar surface area (TPSA) is 55.2 Å². The maximum atomic E-state index is 10.7. The number of benzene rings is 1. The summed E-state index contributed by atoms with van der Waals surface area (Å²) in [5.74, 6) is 1.26. The van der Waals surface area contributed by atoms with E-state index in [-0.39, 0.29) is 10.6 Å². The van der Waals surface area contributed by atoms with Gasteiger partial charge in [-0.25, -0.2) is 0 Å². The van der Waals surface area contributed by atoms with Crippen LogP contribution in [0.25, 0.3) is 0 Å². The summed E-state index contributed by atoms with van der Waals surface area (Å²) in [7, 11) is 0. The van der Waals surface area contributed by atoms with Gasteiger partial charge in [-0.05, 0) is 37.7 Å². The number of anilines is 1. The van der Waals surface area contributed by atoms with Crippen LogP contribution in [0.15, 0.2) is 18.2 Å². The van der Waals surface area contributed by atoms with Crippen LogP contribution < -0.4 is 5.32 Å². The largest absolute Gasteiger partial charge is 0.384 e. The Balaban J connectivity index is 1.97. The van der Waals surface area contributed by atoms with Gasteiger partial charge >= 0.3 is 0 Å². The van der Waals surface area contributed by atoms with Crippen molar-refractivity contribution < 1.29 is 4.92 Å². The molecule has 0 aliphatic carbocycles. The van der Waals surface area contributed by atoms with E-state index in [2.05, 4.69) is 5.32 Å². The van der Waals surface area contributed by atoms with Crippen molar-refractivity contribution in [3.63, 3.8) is 0 Å². The molecule has 17 heavy (non-hydrogen) atoms. The van der Waals surface area contributed by atoms with Crippen LogP contribution in [0.4, 0.5) is 11.4 Å². The van der Waals surface area contributed by atoms with Crippen LogP contribution in [-0.4, -0.2) is 22.5 Å². The molecule has 1 aromatic rings. The van der Waals surface area contributed by atoms with E-state index < -0.39 is 0 Å². The number of aryl methyl sites for hydroxylation is 1. The molecule has 1 aliphatic heterocycles. The monoisotopic (exact) mass is 252 g/mol. The summed E-state index contributed by atoms with van der Waals surface area (Å²) in [5.41, 5.74) is 1.87. The Kier molecular flexibility index (Phi) is 3.89. The zero-order valence-corrected chi connectivity index (χ0v) is 10.6. The van der Waals surface area contributed by atoms with Crippen molar-refractivity contribution in [3.05, 3.63) is 33.9 Å². The lowest BCUT2D eigenvalue weighted by atomic mass is 10.1. The molecule has 0 spiro atoms. The van der Waals surface area contributed by atoms with Gasteiger partial charge < -0.3 is 5.32 Å². The van der Waals surface area contributed by atoms with Gasteiger partial charge in [-0.3, -0.25) is 10.1 Å². The second kappa shape index (κ2) is 5.40. The number of nitro benzene ring substituents is 1. The SMILES string of the molecule is Cc1cc(NCC2CCCS2)ccc1[N+](=O)[O-]. The minimum absolute atomic E-state index is 0.186. The molecule has 1 heterocycles. The quantitative estimate of drug-likeness (QED) is 0.660. The normalized spacial score (nSPS) is 19.2. The van der Waals surface area contributed by atoms with E-state index in [4.69, 9.17) is 0 Å². The van der Waals surface area contributed by atoms with E-state index in [0.29, 0.717) is 10.8 Å². The summed E-state index contributed by atoms with van der Waals surface area (Å²) in [4.78, 5) is 10.3. The van der Waals surface area contributed by atoms with Gasteiger partial charge in [0.2, 0.25) is 0 Å². The fraction of sp³-hybridized carbons (Fsp3) is 0.500. The summed E-state index contributed by atoms with van der Waals surface area (Å²) in [6.07, 6.45) is 2.57. The third-order valence-electron chi connectivity index (χ3n) is 2.95. The minimum Gasteiger partial charge on any atom is -0.384 e. The molecule has 1 aromatic carbocycles. The Morgan fingerprint density at radius 1 is 1.59 bits per heavy atom. The van der Waals surface area contributed by atoms with Crippen molar-refractivity contribution in [1.82, 2.24) is 0 Å². The molecular weight excluding hydrogens is 236 g/mol. The average molecular weight is 252 g/mol. The van der Waals surface area contributed by atoms with Crippen molar-refractivity contribution in [1.29, 1.82) is 0 Å². The Labute approximate surface area is 105 Å². The minimum atomic E-state index is -0.341. The van der Waals surface area contributed by atoms with Crippen LogP contribution in [0, 0.1) is 17.0 Å². The molecule has 0 bridgehead atoms. The molecular formula is C12H16N2O2S. The van der Waals surface area contributed by atoms with Crippen molar-refractivity contribution in [2.75, 3.05) is 17.6 Å². The van der Waals surface area contributed by atoms with Crippen molar-refractivity contribution in [3.8, 4) is 0 Å². The summed E-state index contributed by atoms with van der Waals surface area (Å²) < 4.78 is 0. The number of nitrogens with zero attached hydrogens (tertiary/aromatic N) is 1. The molecule has 0 saturated carbocycles. The number of hydrogen-bond acceptors (Lipinski definition) is 4. The second-order valence-corrected chi connectivity index (χ2v) is 5.68.